The van der Waals surface area contributed by atoms with Crippen LogP contribution in [0.1, 0.15) is 55.4 Å². The van der Waals surface area contributed by atoms with Crippen LogP contribution >= 0.6 is 0 Å². The highest BCUT2D eigenvalue weighted by molar-refractivity contribution is 5.95. The van der Waals surface area contributed by atoms with Gasteiger partial charge in [0.05, 0.1) is 17.9 Å². The summed E-state index contributed by atoms with van der Waals surface area (Å²) in [6, 6.07) is 4.37. The van der Waals surface area contributed by atoms with Gasteiger partial charge in [-0.15, -0.1) is 0 Å². The molecule has 0 spiro atoms. The fourth-order valence-electron chi connectivity index (χ4n) is 3.38. The summed E-state index contributed by atoms with van der Waals surface area (Å²) in [5.74, 6) is 0.424. The Morgan fingerprint density at radius 1 is 1.30 bits per heavy atom. The molecule has 1 aliphatic heterocycles. The molecule has 1 amide bonds. The molecule has 2 atom stereocenters. The smallest absolute Gasteiger partial charge is 0.255 e. The van der Waals surface area contributed by atoms with Crippen LogP contribution in [-0.4, -0.2) is 64.1 Å². The Hall–Kier alpha value is -1.46. The number of hydrogen-bond donors (Lipinski definition) is 1. The molecule has 0 radical (unpaired) electrons. The monoisotopic (exact) mass is 319 g/mol. The minimum Gasteiger partial charge on any atom is -0.395 e. The SMILES string of the molecule is Cc1nc(C(C)C)ccc1C(=O)N1C[C@@H](C)N(CCO)[C@@H](C)C1. The van der Waals surface area contributed by atoms with E-state index in [1.807, 2.05) is 24.0 Å². The van der Waals surface area contributed by atoms with Gasteiger partial charge in [-0.2, -0.15) is 0 Å². The number of β-amino-alcohol motifs (C(OH)–C–C–N with tert-alkyl or cyclic N) is 1. The number of aromatic nitrogens is 1. The van der Waals surface area contributed by atoms with Crippen molar-refractivity contribution in [3.63, 3.8) is 0 Å². The molecular formula is C18H29N3O2. The average molecular weight is 319 g/mol. The molecule has 0 aliphatic carbocycles. The topological polar surface area (TPSA) is 56.7 Å². The van der Waals surface area contributed by atoms with E-state index in [0.717, 1.165) is 11.4 Å². The van der Waals surface area contributed by atoms with Crippen LogP contribution in [-0.2, 0) is 0 Å². The summed E-state index contributed by atoms with van der Waals surface area (Å²) < 4.78 is 0. The predicted molar refractivity (Wildman–Crippen MR) is 91.7 cm³/mol. The molecule has 5 heteroatoms. The van der Waals surface area contributed by atoms with E-state index in [1.165, 1.54) is 0 Å². The highest BCUT2D eigenvalue weighted by Crippen LogP contribution is 2.20. The van der Waals surface area contributed by atoms with Gasteiger partial charge < -0.3 is 10.0 Å². The lowest BCUT2D eigenvalue weighted by molar-refractivity contribution is 0.0236. The quantitative estimate of drug-likeness (QED) is 0.923. The number of piperazine rings is 1. The van der Waals surface area contributed by atoms with Crippen LogP contribution in [0.15, 0.2) is 12.1 Å². The van der Waals surface area contributed by atoms with E-state index in [0.29, 0.717) is 31.1 Å². The summed E-state index contributed by atoms with van der Waals surface area (Å²) in [5.41, 5.74) is 2.53. The van der Waals surface area contributed by atoms with E-state index in [2.05, 4.69) is 37.6 Å². The highest BCUT2D eigenvalue weighted by atomic mass is 16.3. The zero-order valence-corrected chi connectivity index (χ0v) is 14.9. The van der Waals surface area contributed by atoms with Gasteiger partial charge in [0.1, 0.15) is 0 Å². The van der Waals surface area contributed by atoms with Crippen molar-refractivity contribution < 1.29 is 9.90 Å². The molecule has 128 valence electrons. The van der Waals surface area contributed by atoms with Crippen LogP contribution in [0.4, 0.5) is 0 Å². The van der Waals surface area contributed by atoms with E-state index in [-0.39, 0.29) is 24.6 Å². The summed E-state index contributed by atoms with van der Waals surface area (Å²) in [7, 11) is 0. The number of carbonyl (C=O) groups is 1. The molecule has 0 saturated carbocycles. The van der Waals surface area contributed by atoms with Gasteiger partial charge in [-0.1, -0.05) is 13.8 Å². The summed E-state index contributed by atoms with van der Waals surface area (Å²) in [6.45, 7) is 12.5. The van der Waals surface area contributed by atoms with E-state index < -0.39 is 0 Å². The van der Waals surface area contributed by atoms with Crippen LogP contribution in [0.3, 0.4) is 0 Å². The third-order valence-corrected chi connectivity index (χ3v) is 4.68. The first-order chi connectivity index (χ1) is 10.8. The number of amides is 1. The van der Waals surface area contributed by atoms with Crippen molar-refractivity contribution >= 4 is 5.91 Å². The maximum Gasteiger partial charge on any atom is 0.255 e. The lowest BCUT2D eigenvalue weighted by Crippen LogP contribution is -2.58. The minimum atomic E-state index is 0.0626. The molecule has 1 N–H and O–H groups in total. The van der Waals surface area contributed by atoms with Gasteiger partial charge in [-0.3, -0.25) is 14.7 Å². The lowest BCUT2D eigenvalue weighted by atomic mass is 10.0. The molecule has 1 aromatic rings. The fourth-order valence-corrected chi connectivity index (χ4v) is 3.38. The van der Waals surface area contributed by atoms with Gasteiger partial charge in [0.15, 0.2) is 0 Å². The van der Waals surface area contributed by atoms with E-state index >= 15 is 0 Å². The van der Waals surface area contributed by atoms with Crippen molar-refractivity contribution in [2.24, 2.45) is 0 Å². The lowest BCUT2D eigenvalue weighted by Gasteiger charge is -2.44. The van der Waals surface area contributed by atoms with E-state index in [1.54, 1.807) is 0 Å². The first kappa shape index (κ1) is 17.9. The Morgan fingerprint density at radius 3 is 2.39 bits per heavy atom. The molecule has 0 aromatic carbocycles. The summed E-state index contributed by atoms with van der Waals surface area (Å²) in [6.07, 6.45) is 0. The maximum absolute atomic E-state index is 12.9. The molecule has 2 heterocycles. The average Bonchev–Trinajstić information content (AvgIpc) is 2.49. The molecule has 1 aliphatic rings. The van der Waals surface area contributed by atoms with Crippen molar-refractivity contribution in [3.8, 4) is 0 Å². The largest absolute Gasteiger partial charge is 0.395 e. The standard InChI is InChI=1S/C18H29N3O2/c1-12(2)17-7-6-16(15(5)19-17)18(23)20-10-13(3)21(8-9-22)14(4)11-20/h6-7,12-14,22H,8-11H2,1-5H3/t13-,14+. The van der Waals surface area contributed by atoms with Crippen LogP contribution in [0.2, 0.25) is 0 Å². The highest BCUT2D eigenvalue weighted by Gasteiger charge is 2.32. The number of carbonyl (C=O) groups excluding carboxylic acids is 1. The Balaban J connectivity index is 2.15. The minimum absolute atomic E-state index is 0.0626. The van der Waals surface area contributed by atoms with Crippen LogP contribution in [0.25, 0.3) is 0 Å². The summed E-state index contributed by atoms with van der Waals surface area (Å²) >= 11 is 0. The van der Waals surface area contributed by atoms with Gasteiger partial charge >= 0.3 is 0 Å². The molecule has 23 heavy (non-hydrogen) atoms. The second kappa shape index (κ2) is 7.41. The summed E-state index contributed by atoms with van der Waals surface area (Å²) in [5, 5.41) is 9.18. The predicted octanol–water partition coefficient (Wildman–Crippen LogP) is 2.04. The molecule has 1 fully saturated rings. The van der Waals surface area contributed by atoms with Gasteiger partial charge in [-0.05, 0) is 38.8 Å². The number of aliphatic hydroxyl groups is 1. The molecule has 1 saturated heterocycles. The van der Waals surface area contributed by atoms with E-state index in [9.17, 15) is 9.90 Å². The maximum atomic E-state index is 12.9. The van der Waals surface area contributed by atoms with Crippen molar-refractivity contribution in [2.75, 3.05) is 26.2 Å². The second-order valence-electron chi connectivity index (χ2n) is 6.89. The number of aryl methyl sites for hydroxylation is 1. The third-order valence-electron chi connectivity index (χ3n) is 4.68. The number of aliphatic hydroxyl groups excluding tert-OH is 1. The van der Waals surface area contributed by atoms with E-state index in [4.69, 9.17) is 0 Å². The molecule has 5 nitrogen and oxygen atoms in total. The summed E-state index contributed by atoms with van der Waals surface area (Å²) in [4.78, 5) is 21.6. The first-order valence-electron chi connectivity index (χ1n) is 8.48. The number of nitrogens with zero attached hydrogens (tertiary/aromatic N) is 3. The van der Waals surface area contributed by atoms with Gasteiger partial charge in [0.2, 0.25) is 0 Å². The first-order valence-corrected chi connectivity index (χ1v) is 8.48. The Bertz CT molecular complexity index is 547. The van der Waals surface area contributed by atoms with Gasteiger partial charge in [0, 0.05) is 37.4 Å². The normalized spacial score (nSPS) is 22.7. The van der Waals surface area contributed by atoms with Gasteiger partial charge in [0.25, 0.3) is 5.91 Å². The number of pyridine rings is 1. The second-order valence-corrected chi connectivity index (χ2v) is 6.89. The zero-order chi connectivity index (χ0) is 17.1. The fraction of sp³-hybridized carbons (Fsp3) is 0.667. The third kappa shape index (κ3) is 3.90. The van der Waals surface area contributed by atoms with Crippen molar-refractivity contribution in [3.05, 3.63) is 29.1 Å². The molecule has 0 bridgehead atoms. The van der Waals surface area contributed by atoms with Crippen molar-refractivity contribution in [2.45, 2.75) is 52.6 Å². The molecule has 0 unspecified atom stereocenters. The van der Waals surface area contributed by atoms with Crippen molar-refractivity contribution in [1.82, 2.24) is 14.8 Å². The Kier molecular flexibility index (Phi) is 5.76. The van der Waals surface area contributed by atoms with Crippen LogP contribution in [0, 0.1) is 6.92 Å². The molecular weight excluding hydrogens is 290 g/mol. The van der Waals surface area contributed by atoms with Gasteiger partial charge in [-0.25, -0.2) is 0 Å². The molecule has 2 rings (SSSR count). The number of rotatable bonds is 4. The Labute approximate surface area is 139 Å². The zero-order valence-electron chi connectivity index (χ0n) is 14.9. The molecule has 1 aromatic heterocycles. The van der Waals surface area contributed by atoms with Crippen molar-refractivity contribution in [1.29, 1.82) is 0 Å². The van der Waals surface area contributed by atoms with Crippen LogP contribution in [0.5, 0.6) is 0 Å². The van der Waals surface area contributed by atoms with Crippen LogP contribution < -0.4 is 0 Å². The number of hydrogen-bond acceptors (Lipinski definition) is 4. The Morgan fingerprint density at radius 2 is 1.91 bits per heavy atom.